The second kappa shape index (κ2) is 7.18. The molecule has 0 aliphatic carbocycles. The van der Waals surface area contributed by atoms with Crippen LogP contribution in [0.1, 0.15) is 24.8 Å². The van der Waals surface area contributed by atoms with E-state index in [2.05, 4.69) is 27.7 Å². The molecule has 23 heavy (non-hydrogen) atoms. The Balaban J connectivity index is 1.58. The largest absolute Gasteiger partial charge is 0.372 e. The van der Waals surface area contributed by atoms with Gasteiger partial charge in [0.05, 0.1) is 0 Å². The smallest absolute Gasteiger partial charge is 0.323 e. The van der Waals surface area contributed by atoms with Crippen LogP contribution in [0.5, 0.6) is 0 Å². The van der Waals surface area contributed by atoms with E-state index in [0.29, 0.717) is 0 Å². The molecular formula is C19H23N3O. The van der Waals surface area contributed by atoms with Gasteiger partial charge in [-0.1, -0.05) is 12.1 Å². The molecule has 1 aliphatic heterocycles. The molecule has 2 aromatic rings. The van der Waals surface area contributed by atoms with Crippen molar-refractivity contribution in [3.63, 3.8) is 0 Å². The summed E-state index contributed by atoms with van der Waals surface area (Å²) in [6.45, 7) is 4.25. The van der Waals surface area contributed by atoms with Crippen molar-refractivity contribution in [2.45, 2.75) is 26.2 Å². The molecule has 1 aliphatic rings. The first-order chi connectivity index (χ1) is 11.2. The van der Waals surface area contributed by atoms with Crippen LogP contribution in [0.3, 0.4) is 0 Å². The maximum absolute atomic E-state index is 12.0. The summed E-state index contributed by atoms with van der Waals surface area (Å²) in [6.07, 6.45) is 3.85. The van der Waals surface area contributed by atoms with Crippen LogP contribution in [-0.4, -0.2) is 19.1 Å². The van der Waals surface area contributed by atoms with E-state index in [1.807, 2.05) is 43.3 Å². The average molecular weight is 309 g/mol. The Labute approximate surface area is 137 Å². The van der Waals surface area contributed by atoms with Crippen LogP contribution in [0.15, 0.2) is 48.5 Å². The number of benzene rings is 2. The Morgan fingerprint density at radius 1 is 0.913 bits per heavy atom. The molecule has 120 valence electrons. The zero-order valence-corrected chi connectivity index (χ0v) is 13.5. The van der Waals surface area contributed by atoms with Gasteiger partial charge in [0.1, 0.15) is 0 Å². The Hall–Kier alpha value is -2.49. The van der Waals surface area contributed by atoms with E-state index in [-0.39, 0.29) is 6.03 Å². The Morgan fingerprint density at radius 3 is 2.30 bits per heavy atom. The molecule has 2 amide bonds. The number of amides is 2. The fraction of sp³-hybridized carbons (Fsp3) is 0.316. The molecule has 3 rings (SSSR count). The van der Waals surface area contributed by atoms with Crippen molar-refractivity contribution in [3.8, 4) is 0 Å². The number of urea groups is 1. The highest BCUT2D eigenvalue weighted by Crippen LogP contribution is 2.22. The van der Waals surface area contributed by atoms with Crippen molar-refractivity contribution in [1.82, 2.24) is 0 Å². The van der Waals surface area contributed by atoms with E-state index in [9.17, 15) is 4.79 Å². The zero-order chi connectivity index (χ0) is 16.1. The molecule has 1 heterocycles. The van der Waals surface area contributed by atoms with Crippen LogP contribution in [-0.2, 0) is 0 Å². The van der Waals surface area contributed by atoms with Gasteiger partial charge in [0.15, 0.2) is 0 Å². The lowest BCUT2D eigenvalue weighted by Gasteiger charge is -2.28. The first kappa shape index (κ1) is 15.4. The predicted octanol–water partition coefficient (Wildman–Crippen LogP) is 4.63. The maximum Gasteiger partial charge on any atom is 0.323 e. The average Bonchev–Trinajstić information content (AvgIpc) is 2.56. The van der Waals surface area contributed by atoms with Crippen LogP contribution in [0.2, 0.25) is 0 Å². The molecule has 0 unspecified atom stereocenters. The molecule has 1 saturated heterocycles. The van der Waals surface area contributed by atoms with Gasteiger partial charge < -0.3 is 15.5 Å². The lowest BCUT2D eigenvalue weighted by molar-refractivity contribution is 0.262. The third-order valence-corrected chi connectivity index (χ3v) is 4.12. The van der Waals surface area contributed by atoms with E-state index in [4.69, 9.17) is 0 Å². The number of hydrogen-bond acceptors (Lipinski definition) is 2. The Bertz CT molecular complexity index is 661. The monoisotopic (exact) mass is 309 g/mol. The molecule has 2 aromatic carbocycles. The number of nitrogens with zero attached hydrogens (tertiary/aromatic N) is 1. The van der Waals surface area contributed by atoms with Crippen molar-refractivity contribution in [1.29, 1.82) is 0 Å². The number of hydrogen-bond donors (Lipinski definition) is 2. The van der Waals surface area contributed by atoms with E-state index in [1.165, 1.54) is 24.9 Å². The number of carbonyl (C=O) groups excluding carboxylic acids is 1. The van der Waals surface area contributed by atoms with Crippen LogP contribution in [0, 0.1) is 6.92 Å². The number of piperidine rings is 1. The molecule has 1 fully saturated rings. The molecule has 0 atom stereocenters. The highest BCUT2D eigenvalue weighted by molar-refractivity contribution is 5.99. The first-order valence-electron chi connectivity index (χ1n) is 8.20. The van der Waals surface area contributed by atoms with Crippen molar-refractivity contribution in [3.05, 3.63) is 54.1 Å². The van der Waals surface area contributed by atoms with Gasteiger partial charge >= 0.3 is 6.03 Å². The fourth-order valence-corrected chi connectivity index (χ4v) is 2.92. The van der Waals surface area contributed by atoms with Crippen LogP contribution in [0.25, 0.3) is 0 Å². The van der Waals surface area contributed by atoms with Gasteiger partial charge in [-0.05, 0) is 68.1 Å². The van der Waals surface area contributed by atoms with Crippen molar-refractivity contribution in [2.75, 3.05) is 28.6 Å². The van der Waals surface area contributed by atoms with E-state index < -0.39 is 0 Å². The third-order valence-electron chi connectivity index (χ3n) is 4.12. The van der Waals surface area contributed by atoms with Gasteiger partial charge in [0.2, 0.25) is 0 Å². The normalized spacial score (nSPS) is 14.4. The van der Waals surface area contributed by atoms with Gasteiger partial charge in [-0.25, -0.2) is 4.79 Å². The minimum absolute atomic E-state index is 0.221. The van der Waals surface area contributed by atoms with Crippen molar-refractivity contribution in [2.24, 2.45) is 0 Å². The summed E-state index contributed by atoms with van der Waals surface area (Å²) in [5, 5.41) is 5.72. The lowest BCUT2D eigenvalue weighted by atomic mass is 10.1. The van der Waals surface area contributed by atoms with Gasteiger partial charge in [0.25, 0.3) is 0 Å². The van der Waals surface area contributed by atoms with Gasteiger partial charge in [-0.3, -0.25) is 0 Å². The highest BCUT2D eigenvalue weighted by atomic mass is 16.2. The molecule has 0 saturated carbocycles. The SMILES string of the molecule is Cc1cccc(NC(=O)Nc2ccc(N3CCCCC3)cc2)c1. The molecule has 0 spiro atoms. The number of aryl methyl sites for hydroxylation is 1. The highest BCUT2D eigenvalue weighted by Gasteiger charge is 2.10. The summed E-state index contributed by atoms with van der Waals surface area (Å²) >= 11 is 0. The molecule has 4 heteroatoms. The summed E-state index contributed by atoms with van der Waals surface area (Å²) in [5.74, 6) is 0. The second-order valence-electron chi connectivity index (χ2n) is 6.04. The molecular weight excluding hydrogens is 286 g/mol. The van der Waals surface area contributed by atoms with Crippen LogP contribution >= 0.6 is 0 Å². The maximum atomic E-state index is 12.0. The lowest BCUT2D eigenvalue weighted by Crippen LogP contribution is -2.29. The topological polar surface area (TPSA) is 44.4 Å². The summed E-state index contributed by atoms with van der Waals surface area (Å²) < 4.78 is 0. The summed E-state index contributed by atoms with van der Waals surface area (Å²) in [7, 11) is 0. The van der Waals surface area contributed by atoms with E-state index in [1.54, 1.807) is 0 Å². The fourth-order valence-electron chi connectivity index (χ4n) is 2.92. The number of rotatable bonds is 3. The van der Waals surface area contributed by atoms with Crippen molar-refractivity contribution >= 4 is 23.1 Å². The number of nitrogens with one attached hydrogen (secondary N) is 2. The standard InChI is InChI=1S/C19H23N3O/c1-15-6-5-7-17(14-15)21-19(23)20-16-8-10-18(11-9-16)22-12-3-2-4-13-22/h5-11,14H,2-4,12-13H2,1H3,(H2,20,21,23). The molecule has 4 nitrogen and oxygen atoms in total. The quantitative estimate of drug-likeness (QED) is 0.868. The number of anilines is 3. The van der Waals surface area contributed by atoms with Gasteiger partial charge in [-0.15, -0.1) is 0 Å². The van der Waals surface area contributed by atoms with Crippen molar-refractivity contribution < 1.29 is 4.79 Å². The predicted molar refractivity (Wildman–Crippen MR) is 96.3 cm³/mol. The Morgan fingerprint density at radius 2 is 1.61 bits per heavy atom. The zero-order valence-electron chi connectivity index (χ0n) is 13.5. The summed E-state index contributed by atoms with van der Waals surface area (Å²) in [4.78, 5) is 14.4. The van der Waals surface area contributed by atoms with E-state index >= 15 is 0 Å². The molecule has 2 N–H and O–H groups in total. The Kier molecular flexibility index (Phi) is 4.81. The van der Waals surface area contributed by atoms with Gasteiger partial charge in [-0.2, -0.15) is 0 Å². The van der Waals surface area contributed by atoms with E-state index in [0.717, 1.165) is 30.0 Å². The molecule has 0 bridgehead atoms. The molecule has 0 aromatic heterocycles. The minimum atomic E-state index is -0.221. The van der Waals surface area contributed by atoms with Gasteiger partial charge in [0, 0.05) is 30.2 Å². The second-order valence-corrected chi connectivity index (χ2v) is 6.04. The van der Waals surface area contributed by atoms with Crippen LogP contribution < -0.4 is 15.5 Å². The molecule has 0 radical (unpaired) electrons. The number of carbonyl (C=O) groups is 1. The summed E-state index contributed by atoms with van der Waals surface area (Å²) in [5.41, 5.74) is 3.95. The minimum Gasteiger partial charge on any atom is -0.372 e. The third kappa shape index (κ3) is 4.25. The first-order valence-corrected chi connectivity index (χ1v) is 8.20. The summed E-state index contributed by atoms with van der Waals surface area (Å²) in [6, 6.07) is 15.6. The van der Waals surface area contributed by atoms with Crippen LogP contribution in [0.4, 0.5) is 21.9 Å².